The summed E-state index contributed by atoms with van der Waals surface area (Å²) in [7, 11) is 1.59. The molecule has 0 spiro atoms. The normalized spacial score (nSPS) is 10.9. The van der Waals surface area contributed by atoms with Crippen molar-refractivity contribution in [3.8, 4) is 5.75 Å². The van der Waals surface area contributed by atoms with Gasteiger partial charge in [0.05, 0.1) is 24.2 Å². The number of carbonyl (C=O) groups is 2. The van der Waals surface area contributed by atoms with E-state index in [1.54, 1.807) is 25.3 Å². The molecule has 0 aromatic heterocycles. The summed E-state index contributed by atoms with van der Waals surface area (Å²) in [5, 5.41) is 9.56. The molecule has 7 heteroatoms. The standard InChI is InChI=1S/C28H32ClN3O3/c1-17(2)20-9-8-10-21(18(3)4)28(20)32-27(34)16-26(33)31-22-14-13-19(29)15-24(22)30-23-11-6-7-12-25(23)35-5/h6-15,17-18,30H,16H2,1-5H3,(H,31,33)(H,32,34). The van der Waals surface area contributed by atoms with Crippen LogP contribution in [0, 0.1) is 0 Å². The van der Waals surface area contributed by atoms with Crippen molar-refractivity contribution < 1.29 is 14.3 Å². The molecule has 184 valence electrons. The SMILES string of the molecule is COc1ccccc1Nc1cc(Cl)ccc1NC(=O)CC(=O)Nc1c(C(C)C)cccc1C(C)C. The summed E-state index contributed by atoms with van der Waals surface area (Å²) in [6.45, 7) is 8.33. The summed E-state index contributed by atoms with van der Waals surface area (Å²) < 4.78 is 5.39. The second-order valence-electron chi connectivity index (χ2n) is 8.91. The minimum atomic E-state index is -0.430. The number of carbonyl (C=O) groups excluding carboxylic acids is 2. The fourth-order valence-corrected chi connectivity index (χ4v) is 4.01. The summed E-state index contributed by atoms with van der Waals surface area (Å²) in [6, 6.07) is 18.5. The van der Waals surface area contributed by atoms with E-state index in [1.807, 2.05) is 42.5 Å². The molecule has 3 N–H and O–H groups in total. The van der Waals surface area contributed by atoms with Gasteiger partial charge in [0.25, 0.3) is 0 Å². The lowest BCUT2D eigenvalue weighted by Crippen LogP contribution is -2.23. The second-order valence-corrected chi connectivity index (χ2v) is 9.35. The van der Waals surface area contributed by atoms with Crippen molar-refractivity contribution >= 4 is 46.2 Å². The van der Waals surface area contributed by atoms with Crippen LogP contribution in [0.1, 0.15) is 57.1 Å². The van der Waals surface area contributed by atoms with E-state index in [1.165, 1.54) is 0 Å². The average Bonchev–Trinajstić information content (AvgIpc) is 2.80. The van der Waals surface area contributed by atoms with Crippen LogP contribution in [0.5, 0.6) is 5.75 Å². The molecule has 0 saturated carbocycles. The van der Waals surface area contributed by atoms with Crippen molar-refractivity contribution in [3.63, 3.8) is 0 Å². The molecule has 0 fully saturated rings. The van der Waals surface area contributed by atoms with Gasteiger partial charge in [0.1, 0.15) is 12.2 Å². The lowest BCUT2D eigenvalue weighted by molar-refractivity contribution is -0.123. The van der Waals surface area contributed by atoms with Crippen molar-refractivity contribution in [3.05, 3.63) is 76.8 Å². The Balaban J connectivity index is 1.76. The molecule has 0 aliphatic carbocycles. The van der Waals surface area contributed by atoms with E-state index >= 15 is 0 Å². The maximum atomic E-state index is 12.9. The molecule has 0 saturated heterocycles. The van der Waals surface area contributed by atoms with E-state index < -0.39 is 5.91 Å². The molecule has 2 amide bonds. The summed E-state index contributed by atoms with van der Waals surface area (Å²) in [5.41, 5.74) is 4.70. The predicted molar refractivity (Wildman–Crippen MR) is 144 cm³/mol. The van der Waals surface area contributed by atoms with Crippen LogP contribution in [0.25, 0.3) is 0 Å². The Kier molecular flexibility index (Phi) is 8.77. The number of halogens is 1. The van der Waals surface area contributed by atoms with Gasteiger partial charge in [-0.25, -0.2) is 0 Å². The first-order chi connectivity index (χ1) is 16.7. The zero-order chi connectivity index (χ0) is 25.5. The molecule has 3 aromatic carbocycles. The number of amides is 2. The molecule has 0 radical (unpaired) electrons. The highest BCUT2D eigenvalue weighted by Crippen LogP contribution is 2.34. The number of para-hydroxylation sites is 3. The van der Waals surface area contributed by atoms with Crippen LogP contribution < -0.4 is 20.7 Å². The van der Waals surface area contributed by atoms with Gasteiger partial charge in [0.15, 0.2) is 0 Å². The molecule has 0 unspecified atom stereocenters. The highest BCUT2D eigenvalue weighted by Gasteiger charge is 2.18. The van der Waals surface area contributed by atoms with Crippen LogP contribution in [0.4, 0.5) is 22.7 Å². The van der Waals surface area contributed by atoms with Gasteiger partial charge < -0.3 is 20.7 Å². The van der Waals surface area contributed by atoms with Gasteiger partial charge >= 0.3 is 0 Å². The molecule has 3 rings (SSSR count). The van der Waals surface area contributed by atoms with Crippen molar-refractivity contribution in [1.82, 2.24) is 0 Å². The van der Waals surface area contributed by atoms with E-state index in [0.717, 1.165) is 22.5 Å². The second kappa shape index (κ2) is 11.8. The van der Waals surface area contributed by atoms with Gasteiger partial charge in [-0.2, -0.15) is 0 Å². The molecule has 35 heavy (non-hydrogen) atoms. The first kappa shape index (κ1) is 26.1. The molecule has 6 nitrogen and oxygen atoms in total. The predicted octanol–water partition coefficient (Wildman–Crippen LogP) is 7.31. The van der Waals surface area contributed by atoms with E-state index in [4.69, 9.17) is 16.3 Å². The molecule has 0 bridgehead atoms. The number of anilines is 4. The maximum absolute atomic E-state index is 12.9. The van der Waals surface area contributed by atoms with Crippen LogP contribution >= 0.6 is 11.6 Å². The lowest BCUT2D eigenvalue weighted by atomic mass is 9.92. The highest BCUT2D eigenvalue weighted by atomic mass is 35.5. The van der Waals surface area contributed by atoms with Crippen LogP contribution in [0.15, 0.2) is 60.7 Å². The molecule has 0 aliphatic rings. The summed E-state index contributed by atoms with van der Waals surface area (Å²) >= 11 is 6.20. The van der Waals surface area contributed by atoms with E-state index in [2.05, 4.69) is 43.6 Å². The fraction of sp³-hybridized carbons (Fsp3) is 0.286. The topological polar surface area (TPSA) is 79.5 Å². The molecular weight excluding hydrogens is 462 g/mol. The Morgan fingerprint density at radius 2 is 1.43 bits per heavy atom. The van der Waals surface area contributed by atoms with E-state index in [0.29, 0.717) is 22.1 Å². The van der Waals surface area contributed by atoms with Crippen LogP contribution in [-0.2, 0) is 9.59 Å². The number of ether oxygens (including phenoxy) is 1. The van der Waals surface area contributed by atoms with Crippen molar-refractivity contribution in [2.45, 2.75) is 46.0 Å². The molecule has 0 aliphatic heterocycles. The third-order valence-corrected chi connectivity index (χ3v) is 5.83. The Labute approximate surface area is 212 Å². The number of methoxy groups -OCH3 is 1. The third kappa shape index (κ3) is 6.76. The Bertz CT molecular complexity index is 1180. The minimum Gasteiger partial charge on any atom is -0.495 e. The molecular formula is C28H32ClN3O3. The van der Waals surface area contributed by atoms with Crippen LogP contribution in [0.3, 0.4) is 0 Å². The van der Waals surface area contributed by atoms with Crippen LogP contribution in [0.2, 0.25) is 5.02 Å². The van der Waals surface area contributed by atoms with Crippen molar-refractivity contribution in [1.29, 1.82) is 0 Å². The monoisotopic (exact) mass is 493 g/mol. The van der Waals surface area contributed by atoms with Gasteiger partial charge in [-0.3, -0.25) is 9.59 Å². The smallest absolute Gasteiger partial charge is 0.233 e. The number of hydrogen-bond donors (Lipinski definition) is 3. The average molecular weight is 494 g/mol. The largest absolute Gasteiger partial charge is 0.495 e. The Hall–Kier alpha value is -3.51. The van der Waals surface area contributed by atoms with Gasteiger partial charge in [0.2, 0.25) is 11.8 Å². The summed E-state index contributed by atoms with van der Waals surface area (Å²) in [4.78, 5) is 25.7. The highest BCUT2D eigenvalue weighted by molar-refractivity contribution is 6.31. The van der Waals surface area contributed by atoms with Gasteiger partial charge in [0, 0.05) is 10.7 Å². The van der Waals surface area contributed by atoms with Crippen LogP contribution in [-0.4, -0.2) is 18.9 Å². The van der Waals surface area contributed by atoms with E-state index in [-0.39, 0.29) is 24.2 Å². The zero-order valence-electron chi connectivity index (χ0n) is 20.7. The summed E-state index contributed by atoms with van der Waals surface area (Å²) in [5.74, 6) is 0.312. The number of hydrogen-bond acceptors (Lipinski definition) is 4. The first-order valence-electron chi connectivity index (χ1n) is 11.6. The quantitative estimate of drug-likeness (QED) is 0.273. The molecule has 0 atom stereocenters. The van der Waals surface area contributed by atoms with Crippen molar-refractivity contribution in [2.75, 3.05) is 23.1 Å². The third-order valence-electron chi connectivity index (χ3n) is 5.59. The van der Waals surface area contributed by atoms with Gasteiger partial charge in [-0.15, -0.1) is 0 Å². The van der Waals surface area contributed by atoms with E-state index in [9.17, 15) is 9.59 Å². The number of benzene rings is 3. The zero-order valence-corrected chi connectivity index (χ0v) is 21.5. The lowest BCUT2D eigenvalue weighted by Gasteiger charge is -2.20. The summed E-state index contributed by atoms with van der Waals surface area (Å²) in [6.07, 6.45) is -0.319. The van der Waals surface area contributed by atoms with Gasteiger partial charge in [-0.1, -0.05) is 69.6 Å². The van der Waals surface area contributed by atoms with Crippen molar-refractivity contribution in [2.24, 2.45) is 0 Å². The Morgan fingerprint density at radius 1 is 0.800 bits per heavy atom. The molecule has 0 heterocycles. The molecule has 3 aromatic rings. The fourth-order valence-electron chi connectivity index (χ4n) is 3.84. The first-order valence-corrected chi connectivity index (χ1v) is 12.0. The van der Waals surface area contributed by atoms with Gasteiger partial charge in [-0.05, 0) is 53.3 Å². The minimum absolute atomic E-state index is 0.232. The number of nitrogens with one attached hydrogen (secondary N) is 3. The Morgan fingerprint density at radius 3 is 2.06 bits per heavy atom. The maximum Gasteiger partial charge on any atom is 0.233 e. The number of rotatable bonds is 9.